The zero-order chi connectivity index (χ0) is 17.3. The molecule has 0 spiro atoms. The van der Waals surface area contributed by atoms with Crippen LogP contribution >= 0.6 is 11.6 Å². The quantitative estimate of drug-likeness (QED) is 0.870. The number of fused-ring (bicyclic) bond motifs is 1. The molecule has 0 aliphatic carbocycles. The van der Waals surface area contributed by atoms with E-state index in [-0.39, 0.29) is 5.91 Å². The summed E-state index contributed by atoms with van der Waals surface area (Å²) in [6.45, 7) is 6.88. The van der Waals surface area contributed by atoms with E-state index in [0.717, 1.165) is 23.2 Å². The molecule has 1 atom stereocenters. The lowest BCUT2D eigenvalue weighted by atomic mass is 10.1. The summed E-state index contributed by atoms with van der Waals surface area (Å²) in [6.07, 6.45) is 1.49. The van der Waals surface area contributed by atoms with Gasteiger partial charge in [0.15, 0.2) is 0 Å². The smallest absolute Gasteiger partial charge is 0.226 e. The third-order valence-electron chi connectivity index (χ3n) is 4.62. The zero-order valence-corrected chi connectivity index (χ0v) is 15.2. The van der Waals surface area contributed by atoms with Gasteiger partial charge in [-0.1, -0.05) is 35.9 Å². The van der Waals surface area contributed by atoms with Crippen molar-refractivity contribution in [3.05, 3.63) is 58.1 Å². The lowest BCUT2D eigenvalue weighted by Gasteiger charge is -2.24. The first-order valence-electron chi connectivity index (χ1n) is 8.37. The van der Waals surface area contributed by atoms with Crippen LogP contribution in [0.15, 0.2) is 36.4 Å². The first kappa shape index (κ1) is 16.8. The van der Waals surface area contributed by atoms with Crippen molar-refractivity contribution in [3.63, 3.8) is 0 Å². The summed E-state index contributed by atoms with van der Waals surface area (Å²) >= 11 is 6.27. The SMILES string of the molecule is Cc1cc(C)c(NC(=O)CCN2c3ccccc3CC2C)c(Cl)c1. The number of amides is 1. The van der Waals surface area contributed by atoms with Crippen LogP contribution in [-0.4, -0.2) is 18.5 Å². The molecule has 1 heterocycles. The summed E-state index contributed by atoms with van der Waals surface area (Å²) in [5, 5.41) is 3.57. The van der Waals surface area contributed by atoms with Gasteiger partial charge in [-0.2, -0.15) is 0 Å². The van der Waals surface area contributed by atoms with Crippen LogP contribution in [0, 0.1) is 13.8 Å². The predicted octanol–water partition coefficient (Wildman–Crippen LogP) is 4.74. The van der Waals surface area contributed by atoms with E-state index < -0.39 is 0 Å². The molecule has 0 aromatic heterocycles. The standard InChI is InChI=1S/C20H23ClN2O/c1-13-10-14(2)20(17(21)11-13)22-19(24)8-9-23-15(3)12-16-6-4-5-7-18(16)23/h4-7,10-11,15H,8-9,12H2,1-3H3,(H,22,24). The molecule has 126 valence electrons. The zero-order valence-electron chi connectivity index (χ0n) is 14.4. The average molecular weight is 343 g/mol. The van der Waals surface area contributed by atoms with Crippen molar-refractivity contribution in [1.29, 1.82) is 0 Å². The minimum absolute atomic E-state index is 0.000402. The number of halogens is 1. The van der Waals surface area contributed by atoms with Crippen LogP contribution in [-0.2, 0) is 11.2 Å². The number of benzene rings is 2. The van der Waals surface area contributed by atoms with Crippen LogP contribution in [0.25, 0.3) is 0 Å². The molecule has 0 fully saturated rings. The number of carbonyl (C=O) groups excluding carboxylic acids is 1. The van der Waals surface area contributed by atoms with E-state index in [4.69, 9.17) is 11.6 Å². The maximum Gasteiger partial charge on any atom is 0.226 e. The predicted molar refractivity (Wildman–Crippen MR) is 101 cm³/mol. The second-order valence-corrected chi connectivity index (χ2v) is 7.02. The molecule has 1 N–H and O–H groups in total. The minimum atomic E-state index is 0.000402. The van der Waals surface area contributed by atoms with Gasteiger partial charge in [0.1, 0.15) is 0 Å². The first-order valence-corrected chi connectivity index (χ1v) is 8.74. The van der Waals surface area contributed by atoms with Crippen molar-refractivity contribution in [2.75, 3.05) is 16.8 Å². The molecule has 3 nitrogen and oxygen atoms in total. The van der Waals surface area contributed by atoms with Gasteiger partial charge in [0.05, 0.1) is 10.7 Å². The molecule has 3 rings (SSSR count). The van der Waals surface area contributed by atoms with Gasteiger partial charge < -0.3 is 10.2 Å². The van der Waals surface area contributed by atoms with Crippen molar-refractivity contribution in [2.24, 2.45) is 0 Å². The van der Waals surface area contributed by atoms with Gasteiger partial charge in [0.25, 0.3) is 0 Å². The second kappa shape index (κ2) is 6.86. The third-order valence-corrected chi connectivity index (χ3v) is 4.92. The molecule has 1 amide bonds. The molecular weight excluding hydrogens is 320 g/mol. The highest BCUT2D eigenvalue weighted by atomic mass is 35.5. The highest BCUT2D eigenvalue weighted by molar-refractivity contribution is 6.34. The van der Waals surface area contributed by atoms with Crippen LogP contribution in [0.5, 0.6) is 0 Å². The molecular formula is C20H23ClN2O. The number of carbonyl (C=O) groups is 1. The number of hydrogen-bond donors (Lipinski definition) is 1. The largest absolute Gasteiger partial charge is 0.368 e. The molecule has 4 heteroatoms. The fourth-order valence-corrected chi connectivity index (χ4v) is 3.84. The van der Waals surface area contributed by atoms with Crippen molar-refractivity contribution in [3.8, 4) is 0 Å². The number of rotatable bonds is 4. The maximum atomic E-state index is 12.4. The van der Waals surface area contributed by atoms with Crippen LogP contribution in [0.4, 0.5) is 11.4 Å². The van der Waals surface area contributed by atoms with Gasteiger partial charge in [0.2, 0.25) is 5.91 Å². The van der Waals surface area contributed by atoms with Crippen LogP contribution in [0.2, 0.25) is 5.02 Å². The van der Waals surface area contributed by atoms with E-state index in [2.05, 4.69) is 41.4 Å². The minimum Gasteiger partial charge on any atom is -0.368 e. The van der Waals surface area contributed by atoms with Crippen molar-refractivity contribution in [1.82, 2.24) is 0 Å². The lowest BCUT2D eigenvalue weighted by molar-refractivity contribution is -0.116. The lowest BCUT2D eigenvalue weighted by Crippen LogP contribution is -2.32. The Kier molecular flexibility index (Phi) is 4.81. The first-order chi connectivity index (χ1) is 11.5. The van der Waals surface area contributed by atoms with E-state index in [0.29, 0.717) is 24.0 Å². The summed E-state index contributed by atoms with van der Waals surface area (Å²) in [4.78, 5) is 14.7. The Morgan fingerprint density at radius 2 is 2.04 bits per heavy atom. The molecule has 0 saturated carbocycles. The summed E-state index contributed by atoms with van der Waals surface area (Å²) in [6, 6.07) is 12.8. The highest BCUT2D eigenvalue weighted by Crippen LogP contribution is 2.32. The molecule has 0 radical (unpaired) electrons. The fourth-order valence-electron chi connectivity index (χ4n) is 3.47. The Bertz CT molecular complexity index is 749. The normalized spacial score (nSPS) is 16.2. The van der Waals surface area contributed by atoms with Gasteiger partial charge in [-0.25, -0.2) is 0 Å². The van der Waals surface area contributed by atoms with Gasteiger partial charge in [0, 0.05) is 24.7 Å². The maximum absolute atomic E-state index is 12.4. The van der Waals surface area contributed by atoms with Gasteiger partial charge in [-0.05, 0) is 56.0 Å². The van der Waals surface area contributed by atoms with Gasteiger partial charge >= 0.3 is 0 Å². The number of anilines is 2. The molecule has 2 aromatic carbocycles. The number of nitrogens with zero attached hydrogens (tertiary/aromatic N) is 1. The molecule has 2 aromatic rings. The number of para-hydroxylation sites is 1. The summed E-state index contributed by atoms with van der Waals surface area (Å²) in [5.74, 6) is 0.000402. The van der Waals surface area contributed by atoms with Gasteiger partial charge in [-0.15, -0.1) is 0 Å². The molecule has 1 aliphatic heterocycles. The average Bonchev–Trinajstić information content (AvgIpc) is 2.84. The van der Waals surface area contributed by atoms with Crippen LogP contribution < -0.4 is 10.2 Å². The van der Waals surface area contributed by atoms with Gasteiger partial charge in [-0.3, -0.25) is 4.79 Å². The van der Waals surface area contributed by atoms with E-state index in [1.807, 2.05) is 26.0 Å². The van der Waals surface area contributed by atoms with Crippen molar-refractivity contribution >= 4 is 28.9 Å². The van der Waals surface area contributed by atoms with Crippen molar-refractivity contribution < 1.29 is 4.79 Å². The van der Waals surface area contributed by atoms with Crippen LogP contribution in [0.1, 0.15) is 30.0 Å². The summed E-state index contributed by atoms with van der Waals surface area (Å²) in [5.41, 5.74) is 5.43. The monoisotopic (exact) mass is 342 g/mol. The third kappa shape index (κ3) is 3.41. The topological polar surface area (TPSA) is 32.3 Å². The summed E-state index contributed by atoms with van der Waals surface area (Å²) < 4.78 is 0. The Morgan fingerprint density at radius 3 is 2.79 bits per heavy atom. The van der Waals surface area contributed by atoms with Crippen LogP contribution in [0.3, 0.4) is 0 Å². The number of nitrogens with one attached hydrogen (secondary N) is 1. The fraction of sp³-hybridized carbons (Fsp3) is 0.350. The second-order valence-electron chi connectivity index (χ2n) is 6.61. The molecule has 0 bridgehead atoms. The number of aryl methyl sites for hydroxylation is 2. The van der Waals surface area contributed by atoms with E-state index in [9.17, 15) is 4.79 Å². The Morgan fingerprint density at radius 1 is 1.29 bits per heavy atom. The Balaban J connectivity index is 1.65. The molecule has 1 unspecified atom stereocenters. The van der Waals surface area contributed by atoms with E-state index in [1.54, 1.807) is 0 Å². The Labute approximate surface area is 148 Å². The molecule has 24 heavy (non-hydrogen) atoms. The number of hydrogen-bond acceptors (Lipinski definition) is 2. The van der Waals surface area contributed by atoms with E-state index in [1.165, 1.54) is 11.3 Å². The molecule has 0 saturated heterocycles. The Hall–Kier alpha value is -2.00. The van der Waals surface area contributed by atoms with E-state index >= 15 is 0 Å². The highest BCUT2D eigenvalue weighted by Gasteiger charge is 2.25. The molecule has 1 aliphatic rings. The summed E-state index contributed by atoms with van der Waals surface area (Å²) in [7, 11) is 0. The van der Waals surface area contributed by atoms with Crippen molar-refractivity contribution in [2.45, 2.75) is 39.7 Å².